The molecule has 0 saturated heterocycles. The Kier molecular flexibility index (Phi) is 6.82. The lowest BCUT2D eigenvalue weighted by molar-refractivity contribution is 0.289. The van der Waals surface area contributed by atoms with E-state index in [0.29, 0.717) is 18.9 Å². The van der Waals surface area contributed by atoms with Gasteiger partial charge in [0.05, 0.1) is 0 Å². The maximum atomic E-state index is 8.43. The van der Waals surface area contributed by atoms with Crippen molar-refractivity contribution in [2.45, 2.75) is 19.8 Å². The van der Waals surface area contributed by atoms with Gasteiger partial charge in [-0.1, -0.05) is 6.92 Å². The van der Waals surface area contributed by atoms with Crippen molar-refractivity contribution in [3.05, 3.63) is 0 Å². The van der Waals surface area contributed by atoms with Gasteiger partial charge in [-0.3, -0.25) is 4.99 Å². The first-order valence-electron chi connectivity index (χ1n) is 3.96. The Morgan fingerprint density at radius 1 is 1.64 bits per heavy atom. The third-order valence-corrected chi connectivity index (χ3v) is 1.15. The summed E-state index contributed by atoms with van der Waals surface area (Å²) in [6.07, 6.45) is 1.71. The molecule has 0 spiro atoms. The van der Waals surface area contributed by atoms with E-state index in [-0.39, 0.29) is 6.61 Å². The molecule has 0 amide bonds. The quantitative estimate of drug-likeness (QED) is 0.292. The standard InChI is InChI=1S/C7H17N3O/c1-2-4-9-7(8)10-5-3-6-11/h11H,2-6H2,1H3,(H3,8,9,10). The monoisotopic (exact) mass is 159 g/mol. The Morgan fingerprint density at radius 3 is 2.91 bits per heavy atom. The Morgan fingerprint density at radius 2 is 2.36 bits per heavy atom. The predicted molar refractivity (Wildman–Crippen MR) is 46.5 cm³/mol. The van der Waals surface area contributed by atoms with E-state index in [1.807, 2.05) is 6.92 Å². The topological polar surface area (TPSA) is 70.6 Å². The summed E-state index contributed by atoms with van der Waals surface area (Å²) in [4.78, 5) is 4.02. The summed E-state index contributed by atoms with van der Waals surface area (Å²) in [5.41, 5.74) is 5.46. The predicted octanol–water partition coefficient (Wildman–Crippen LogP) is -0.317. The minimum atomic E-state index is 0.189. The molecule has 0 aromatic heterocycles. The molecule has 66 valence electrons. The molecule has 11 heavy (non-hydrogen) atoms. The Balaban J connectivity index is 3.27. The van der Waals surface area contributed by atoms with Gasteiger partial charge in [0.15, 0.2) is 5.96 Å². The Labute approximate surface area is 67.5 Å². The van der Waals surface area contributed by atoms with Crippen LogP contribution in [0, 0.1) is 0 Å². The van der Waals surface area contributed by atoms with Gasteiger partial charge in [-0.2, -0.15) is 0 Å². The zero-order valence-corrected chi connectivity index (χ0v) is 7.01. The van der Waals surface area contributed by atoms with Gasteiger partial charge < -0.3 is 16.2 Å². The summed E-state index contributed by atoms with van der Waals surface area (Å²) in [5, 5.41) is 11.3. The second kappa shape index (κ2) is 7.34. The second-order valence-corrected chi connectivity index (χ2v) is 2.27. The number of hydrogen-bond donors (Lipinski definition) is 3. The van der Waals surface area contributed by atoms with Crippen molar-refractivity contribution in [1.82, 2.24) is 5.32 Å². The van der Waals surface area contributed by atoms with Gasteiger partial charge >= 0.3 is 0 Å². The van der Waals surface area contributed by atoms with Crippen molar-refractivity contribution in [2.24, 2.45) is 10.7 Å². The highest BCUT2D eigenvalue weighted by molar-refractivity contribution is 5.77. The molecular weight excluding hydrogens is 142 g/mol. The van der Waals surface area contributed by atoms with Crippen LogP contribution in [-0.4, -0.2) is 30.8 Å². The molecule has 0 aliphatic carbocycles. The Bertz CT molecular complexity index is 114. The first-order chi connectivity index (χ1) is 5.31. The molecule has 0 fully saturated rings. The molecule has 0 unspecified atom stereocenters. The molecule has 4 nitrogen and oxygen atoms in total. The van der Waals surface area contributed by atoms with Gasteiger partial charge in [-0.25, -0.2) is 0 Å². The number of rotatable bonds is 5. The lowest BCUT2D eigenvalue weighted by atomic mass is 10.4. The molecule has 0 heterocycles. The van der Waals surface area contributed by atoms with Crippen molar-refractivity contribution in [1.29, 1.82) is 0 Å². The van der Waals surface area contributed by atoms with Crippen LogP contribution < -0.4 is 11.1 Å². The van der Waals surface area contributed by atoms with E-state index in [4.69, 9.17) is 10.8 Å². The molecule has 0 atom stereocenters. The number of aliphatic imine (C=N–C) groups is 1. The fourth-order valence-corrected chi connectivity index (χ4v) is 0.584. The largest absolute Gasteiger partial charge is 0.396 e. The van der Waals surface area contributed by atoms with Crippen molar-refractivity contribution < 1.29 is 5.11 Å². The van der Waals surface area contributed by atoms with E-state index in [9.17, 15) is 0 Å². The van der Waals surface area contributed by atoms with E-state index in [0.717, 1.165) is 13.0 Å². The van der Waals surface area contributed by atoms with E-state index in [1.54, 1.807) is 0 Å². The summed E-state index contributed by atoms with van der Waals surface area (Å²) in [6.45, 7) is 3.69. The van der Waals surface area contributed by atoms with Crippen LogP contribution in [0.2, 0.25) is 0 Å². The minimum Gasteiger partial charge on any atom is -0.396 e. The van der Waals surface area contributed by atoms with Gasteiger partial charge in [0.1, 0.15) is 0 Å². The summed E-state index contributed by atoms with van der Waals surface area (Å²) in [5.74, 6) is 0.473. The molecule has 0 rings (SSSR count). The highest BCUT2D eigenvalue weighted by atomic mass is 16.3. The molecule has 0 aliphatic heterocycles. The number of nitrogens with zero attached hydrogens (tertiary/aromatic N) is 1. The van der Waals surface area contributed by atoms with Crippen LogP contribution in [0.4, 0.5) is 0 Å². The third-order valence-electron chi connectivity index (χ3n) is 1.15. The van der Waals surface area contributed by atoms with Crippen molar-refractivity contribution in [2.75, 3.05) is 19.7 Å². The molecule has 4 heteroatoms. The molecule has 0 radical (unpaired) electrons. The zero-order valence-electron chi connectivity index (χ0n) is 7.01. The average Bonchev–Trinajstić information content (AvgIpc) is 2.01. The highest BCUT2D eigenvalue weighted by Gasteiger charge is 1.88. The van der Waals surface area contributed by atoms with Gasteiger partial charge in [0, 0.05) is 19.7 Å². The van der Waals surface area contributed by atoms with Crippen LogP contribution in [-0.2, 0) is 0 Å². The van der Waals surface area contributed by atoms with Crippen LogP contribution in [0.1, 0.15) is 19.8 Å². The fraction of sp³-hybridized carbons (Fsp3) is 0.857. The first-order valence-corrected chi connectivity index (χ1v) is 3.96. The first kappa shape index (κ1) is 10.2. The summed E-state index contributed by atoms with van der Waals surface area (Å²) in [6, 6.07) is 0. The normalized spacial score (nSPS) is 11.6. The van der Waals surface area contributed by atoms with Crippen LogP contribution in [0.25, 0.3) is 0 Å². The van der Waals surface area contributed by atoms with E-state index >= 15 is 0 Å². The summed E-state index contributed by atoms with van der Waals surface area (Å²) < 4.78 is 0. The summed E-state index contributed by atoms with van der Waals surface area (Å²) in [7, 11) is 0. The minimum absolute atomic E-state index is 0.189. The van der Waals surface area contributed by atoms with Crippen LogP contribution in [0.15, 0.2) is 4.99 Å². The van der Waals surface area contributed by atoms with Crippen molar-refractivity contribution in [3.8, 4) is 0 Å². The number of nitrogens with two attached hydrogens (primary N) is 1. The van der Waals surface area contributed by atoms with Gasteiger partial charge in [-0.05, 0) is 12.8 Å². The average molecular weight is 159 g/mol. The number of aliphatic hydroxyl groups is 1. The molecule has 4 N–H and O–H groups in total. The lowest BCUT2D eigenvalue weighted by Gasteiger charge is -2.02. The SMILES string of the molecule is CCCN=C(N)NCCCO. The zero-order chi connectivity index (χ0) is 8.53. The highest BCUT2D eigenvalue weighted by Crippen LogP contribution is 1.77. The van der Waals surface area contributed by atoms with E-state index < -0.39 is 0 Å². The van der Waals surface area contributed by atoms with E-state index in [1.165, 1.54) is 0 Å². The Hall–Kier alpha value is -0.770. The van der Waals surface area contributed by atoms with Gasteiger partial charge in [0.25, 0.3) is 0 Å². The lowest BCUT2D eigenvalue weighted by Crippen LogP contribution is -2.32. The van der Waals surface area contributed by atoms with Crippen LogP contribution in [0.5, 0.6) is 0 Å². The van der Waals surface area contributed by atoms with Crippen LogP contribution >= 0.6 is 0 Å². The number of hydrogen-bond acceptors (Lipinski definition) is 2. The molecule has 0 aromatic rings. The maximum Gasteiger partial charge on any atom is 0.188 e. The smallest absolute Gasteiger partial charge is 0.188 e. The summed E-state index contributed by atoms with van der Waals surface area (Å²) >= 11 is 0. The van der Waals surface area contributed by atoms with Crippen molar-refractivity contribution in [3.63, 3.8) is 0 Å². The van der Waals surface area contributed by atoms with E-state index in [2.05, 4.69) is 10.3 Å². The number of nitrogens with one attached hydrogen (secondary N) is 1. The molecule has 0 aromatic carbocycles. The van der Waals surface area contributed by atoms with Crippen LogP contribution in [0.3, 0.4) is 0 Å². The molecule has 0 aliphatic rings. The molecule has 0 saturated carbocycles. The van der Waals surface area contributed by atoms with Gasteiger partial charge in [-0.15, -0.1) is 0 Å². The molecule has 0 bridgehead atoms. The maximum absolute atomic E-state index is 8.43. The number of aliphatic hydroxyl groups excluding tert-OH is 1. The third kappa shape index (κ3) is 7.12. The van der Waals surface area contributed by atoms with Crippen molar-refractivity contribution >= 4 is 5.96 Å². The fourth-order valence-electron chi connectivity index (χ4n) is 0.584. The second-order valence-electron chi connectivity index (χ2n) is 2.27. The number of guanidine groups is 1. The molecular formula is C7H17N3O. The van der Waals surface area contributed by atoms with Gasteiger partial charge in [0.2, 0.25) is 0 Å².